The third-order valence-corrected chi connectivity index (χ3v) is 8.71. The third-order valence-electron chi connectivity index (χ3n) is 8.71. The molecule has 2 atom stereocenters. The van der Waals surface area contributed by atoms with Crippen molar-refractivity contribution in [2.45, 2.75) is 44.4 Å². The fraction of sp³-hybridized carbons (Fsp3) is 0.480. The number of anilines is 1. The van der Waals surface area contributed by atoms with Crippen molar-refractivity contribution in [3.8, 4) is 0 Å². The van der Waals surface area contributed by atoms with Gasteiger partial charge in [0.15, 0.2) is 0 Å². The molecule has 1 amide bonds. The molecule has 164 valence electrons. The van der Waals surface area contributed by atoms with Gasteiger partial charge in [-0.05, 0) is 36.5 Å². The second kappa shape index (κ2) is 6.47. The molecule has 2 bridgehead atoms. The maximum Gasteiger partial charge on any atom is 0.235 e. The van der Waals surface area contributed by atoms with Crippen LogP contribution < -0.4 is 4.90 Å². The Morgan fingerprint density at radius 2 is 1.47 bits per heavy atom. The van der Waals surface area contributed by atoms with E-state index in [4.69, 9.17) is 9.97 Å². The first kappa shape index (κ1) is 19.6. The van der Waals surface area contributed by atoms with E-state index in [1.54, 1.807) is 12.4 Å². The lowest BCUT2D eigenvalue weighted by atomic mass is 9.63. The van der Waals surface area contributed by atoms with Crippen LogP contribution in [0.1, 0.15) is 45.0 Å². The predicted octanol–water partition coefficient (Wildman–Crippen LogP) is 3.10. The molecule has 1 saturated heterocycles. The van der Waals surface area contributed by atoms with Crippen molar-refractivity contribution in [3.63, 3.8) is 0 Å². The highest BCUT2D eigenvalue weighted by Crippen LogP contribution is 2.70. The minimum absolute atomic E-state index is 0.158. The van der Waals surface area contributed by atoms with Gasteiger partial charge in [0, 0.05) is 44.0 Å². The maximum absolute atomic E-state index is 14.3. The number of para-hydroxylation sites is 2. The zero-order valence-electron chi connectivity index (χ0n) is 18.9. The van der Waals surface area contributed by atoms with E-state index in [1.807, 2.05) is 35.2 Å². The lowest BCUT2D eigenvalue weighted by molar-refractivity contribution is -0.141. The fourth-order valence-corrected chi connectivity index (χ4v) is 6.35. The van der Waals surface area contributed by atoms with Crippen molar-refractivity contribution in [2.24, 2.45) is 5.41 Å². The van der Waals surface area contributed by atoms with Gasteiger partial charge in [-0.15, -0.1) is 0 Å². The van der Waals surface area contributed by atoms with E-state index in [0.717, 1.165) is 54.3 Å². The number of carbonyl (C=O) groups excluding carboxylic acids is 1. The van der Waals surface area contributed by atoms with Crippen LogP contribution in [0.5, 0.6) is 0 Å². The van der Waals surface area contributed by atoms with Crippen LogP contribution in [-0.4, -0.2) is 56.9 Å². The smallest absolute Gasteiger partial charge is 0.235 e. The lowest BCUT2D eigenvalue weighted by Crippen LogP contribution is -2.57. The summed E-state index contributed by atoms with van der Waals surface area (Å²) in [5.74, 6) is 0.943. The summed E-state index contributed by atoms with van der Waals surface area (Å²) in [6.07, 6.45) is 5.32. The molecule has 0 spiro atoms. The molecule has 7 nitrogen and oxygen atoms in total. The summed E-state index contributed by atoms with van der Waals surface area (Å²) < 4.78 is 0. The summed E-state index contributed by atoms with van der Waals surface area (Å²) in [4.78, 5) is 37.4. The Balaban J connectivity index is 1.38. The number of rotatable bonds is 2. The van der Waals surface area contributed by atoms with Crippen LogP contribution >= 0.6 is 0 Å². The number of aromatic nitrogens is 4. The Labute approximate surface area is 187 Å². The van der Waals surface area contributed by atoms with Crippen molar-refractivity contribution >= 4 is 22.9 Å². The number of nitrogens with zero attached hydrogens (tertiary/aromatic N) is 6. The van der Waals surface area contributed by atoms with Crippen molar-refractivity contribution in [2.75, 3.05) is 31.1 Å². The van der Waals surface area contributed by atoms with Gasteiger partial charge in [0.1, 0.15) is 0 Å². The highest BCUT2D eigenvalue weighted by molar-refractivity contribution is 5.93. The Morgan fingerprint density at radius 3 is 2.12 bits per heavy atom. The molecule has 0 unspecified atom stereocenters. The van der Waals surface area contributed by atoms with Crippen LogP contribution in [0, 0.1) is 5.41 Å². The Bertz CT molecular complexity index is 1220. The normalized spacial score (nSPS) is 28.2. The zero-order chi connectivity index (χ0) is 22.1. The van der Waals surface area contributed by atoms with E-state index in [-0.39, 0.29) is 16.7 Å². The van der Waals surface area contributed by atoms with Crippen LogP contribution in [0.3, 0.4) is 0 Å². The molecule has 0 radical (unpaired) electrons. The zero-order valence-corrected chi connectivity index (χ0v) is 18.9. The molecule has 3 heterocycles. The molecule has 1 aliphatic heterocycles. The molecule has 0 N–H and O–H groups in total. The van der Waals surface area contributed by atoms with Crippen LogP contribution in [0.25, 0.3) is 11.0 Å². The summed E-state index contributed by atoms with van der Waals surface area (Å²) in [5, 5.41) is 0. The molecule has 7 heteroatoms. The van der Waals surface area contributed by atoms with E-state index in [9.17, 15) is 4.79 Å². The van der Waals surface area contributed by atoms with Gasteiger partial charge in [-0.3, -0.25) is 4.79 Å². The molecule has 1 saturated carbocycles. The molecule has 3 aliphatic rings. The number of piperazine rings is 1. The minimum Gasteiger partial charge on any atom is -0.338 e. The second-order valence-electron chi connectivity index (χ2n) is 10.1. The average molecular weight is 429 g/mol. The topological polar surface area (TPSA) is 75.1 Å². The van der Waals surface area contributed by atoms with Crippen LogP contribution in [0.4, 0.5) is 5.95 Å². The van der Waals surface area contributed by atoms with Gasteiger partial charge in [0.25, 0.3) is 0 Å². The average Bonchev–Trinajstić information content (AvgIpc) is 3.13. The number of fused-ring (bicyclic) bond motifs is 6. The molecule has 2 aromatic heterocycles. The molecule has 1 aromatic carbocycles. The highest BCUT2D eigenvalue weighted by atomic mass is 16.2. The van der Waals surface area contributed by atoms with Crippen molar-refractivity contribution in [3.05, 3.63) is 54.1 Å². The van der Waals surface area contributed by atoms with Gasteiger partial charge in [0.05, 0.1) is 27.8 Å². The van der Waals surface area contributed by atoms with Crippen LogP contribution in [0.2, 0.25) is 0 Å². The van der Waals surface area contributed by atoms with Gasteiger partial charge in [-0.1, -0.05) is 32.9 Å². The fourth-order valence-electron chi connectivity index (χ4n) is 6.35. The molecule has 32 heavy (non-hydrogen) atoms. The Hall–Kier alpha value is -3.09. The summed E-state index contributed by atoms with van der Waals surface area (Å²) in [6, 6.07) is 9.83. The monoisotopic (exact) mass is 428 g/mol. The van der Waals surface area contributed by atoms with Crippen molar-refractivity contribution in [1.29, 1.82) is 0 Å². The largest absolute Gasteiger partial charge is 0.338 e. The first-order chi connectivity index (χ1) is 15.4. The summed E-state index contributed by atoms with van der Waals surface area (Å²) in [5.41, 5.74) is 2.68. The van der Waals surface area contributed by atoms with Crippen LogP contribution in [-0.2, 0) is 15.6 Å². The SMILES string of the molecule is CC1(C)[C@@]2(C)CC[C@@]1(C(=O)N1CCN(c3ncccn3)CC1)c1nc3ccccc3nc12. The van der Waals surface area contributed by atoms with E-state index < -0.39 is 5.41 Å². The maximum atomic E-state index is 14.3. The van der Waals surface area contributed by atoms with Crippen molar-refractivity contribution in [1.82, 2.24) is 24.8 Å². The van der Waals surface area contributed by atoms with E-state index in [0.29, 0.717) is 13.1 Å². The summed E-state index contributed by atoms with van der Waals surface area (Å²) in [6.45, 7) is 9.59. The first-order valence-corrected chi connectivity index (χ1v) is 11.5. The molecular weight excluding hydrogens is 400 g/mol. The van der Waals surface area contributed by atoms with Crippen LogP contribution in [0.15, 0.2) is 42.7 Å². The molecule has 2 fully saturated rings. The number of hydrogen-bond donors (Lipinski definition) is 0. The molecular formula is C25H28N6O. The predicted molar refractivity (Wildman–Crippen MR) is 122 cm³/mol. The number of carbonyl (C=O) groups is 1. The van der Waals surface area contributed by atoms with Crippen molar-refractivity contribution < 1.29 is 4.79 Å². The number of hydrogen-bond acceptors (Lipinski definition) is 6. The lowest BCUT2D eigenvalue weighted by Gasteiger charge is -2.44. The van der Waals surface area contributed by atoms with Gasteiger partial charge in [-0.25, -0.2) is 19.9 Å². The minimum atomic E-state index is -0.625. The van der Waals surface area contributed by atoms with Gasteiger partial charge in [-0.2, -0.15) is 0 Å². The molecule has 6 rings (SSSR count). The molecule has 2 aliphatic carbocycles. The van der Waals surface area contributed by atoms with E-state index in [2.05, 4.69) is 35.6 Å². The first-order valence-electron chi connectivity index (χ1n) is 11.5. The van der Waals surface area contributed by atoms with Gasteiger partial charge >= 0.3 is 0 Å². The van der Waals surface area contributed by atoms with E-state index >= 15 is 0 Å². The Kier molecular flexibility index (Phi) is 3.96. The number of benzene rings is 1. The Morgan fingerprint density at radius 1 is 0.844 bits per heavy atom. The standard InChI is InChI=1S/C25H28N6O/c1-23(2)24(3)9-10-25(23,20-19(24)28-17-7-4-5-8-18(17)29-20)21(32)30-13-15-31(16-14-30)22-26-11-6-12-27-22/h4-8,11-12H,9-10,13-16H2,1-3H3/t24-,25-/m0/s1. The number of amides is 1. The summed E-state index contributed by atoms with van der Waals surface area (Å²) in [7, 11) is 0. The third kappa shape index (κ3) is 2.29. The molecule has 3 aromatic rings. The van der Waals surface area contributed by atoms with E-state index in [1.165, 1.54) is 0 Å². The second-order valence-corrected chi connectivity index (χ2v) is 10.1. The quantitative estimate of drug-likeness (QED) is 0.624. The highest BCUT2D eigenvalue weighted by Gasteiger charge is 2.73. The van der Waals surface area contributed by atoms with Gasteiger partial charge < -0.3 is 9.80 Å². The summed E-state index contributed by atoms with van der Waals surface area (Å²) >= 11 is 0. The van der Waals surface area contributed by atoms with Gasteiger partial charge in [0.2, 0.25) is 11.9 Å².